The van der Waals surface area contributed by atoms with Crippen molar-refractivity contribution in [1.82, 2.24) is 20.7 Å². The first kappa shape index (κ1) is 28.5. The van der Waals surface area contributed by atoms with Crippen LogP contribution in [0.5, 0.6) is 0 Å². The fraction of sp³-hybridized carbons (Fsp3) is 0.423. The van der Waals surface area contributed by atoms with Gasteiger partial charge in [-0.1, -0.05) is 41.9 Å². The van der Waals surface area contributed by atoms with Crippen LogP contribution in [0.3, 0.4) is 0 Å². The predicted molar refractivity (Wildman–Crippen MR) is 134 cm³/mol. The Labute approximate surface area is 218 Å². The lowest BCUT2D eigenvalue weighted by atomic mass is 9.96. The molecule has 0 aliphatic heterocycles. The Bertz CT molecular complexity index is 1210. The van der Waals surface area contributed by atoms with Gasteiger partial charge in [-0.3, -0.25) is 14.7 Å². The van der Waals surface area contributed by atoms with Gasteiger partial charge in [0.15, 0.2) is 5.60 Å². The van der Waals surface area contributed by atoms with E-state index in [0.29, 0.717) is 12.0 Å². The number of nitrogens with zero attached hydrogens (tertiary/aromatic N) is 2. The maximum atomic E-state index is 10.3. The number of carboxylic acid groups (broad SMARTS) is 3. The van der Waals surface area contributed by atoms with E-state index >= 15 is 0 Å². The third-order valence-electron chi connectivity index (χ3n) is 6.42. The van der Waals surface area contributed by atoms with E-state index in [2.05, 4.69) is 51.0 Å². The summed E-state index contributed by atoms with van der Waals surface area (Å²) in [5.74, 6) is -3.40. The molecule has 6 N–H and O–H groups in total. The molecule has 4 rings (SSSR count). The van der Waals surface area contributed by atoms with Gasteiger partial charge < -0.3 is 30.3 Å². The third kappa shape index (κ3) is 7.98. The molecular weight excluding hydrogens is 496 g/mol. The van der Waals surface area contributed by atoms with Crippen molar-refractivity contribution in [2.45, 2.75) is 63.6 Å². The van der Waals surface area contributed by atoms with Gasteiger partial charge in [0.1, 0.15) is 5.76 Å². The maximum absolute atomic E-state index is 10.3. The summed E-state index contributed by atoms with van der Waals surface area (Å²) < 4.78 is 5.41. The molecule has 0 unspecified atom stereocenters. The zero-order chi connectivity index (χ0) is 27.7. The molecule has 2 atom stereocenters. The first-order valence-corrected chi connectivity index (χ1v) is 12.2. The molecule has 0 bridgehead atoms. The smallest absolute Gasteiger partial charge is 0.336 e. The zero-order valence-corrected chi connectivity index (χ0v) is 21.0. The SMILES string of the molecule is Cc1cc(C[C@@H]2CCC[C@H]2NCc2cn[nH]c2-c2ccccc2)on1.O=C(O)CC(O)(CC(=O)O)C(=O)O. The van der Waals surface area contributed by atoms with E-state index in [4.69, 9.17) is 24.9 Å². The average molecular weight is 529 g/mol. The Balaban J connectivity index is 0.000000263. The van der Waals surface area contributed by atoms with Gasteiger partial charge in [0.2, 0.25) is 0 Å². The standard InChI is InChI=1S/C20H24N4O.C6H8O7/c1-14-10-18(25-24-14)11-16-8-5-9-19(16)21-12-17-13-22-23-20(17)15-6-3-2-4-7-15;7-3(8)1-6(13,5(11)12)2-4(9)10/h2-4,6-7,10,13,16,19,21H,5,8-9,11-12H2,1H3,(H,22,23);13H,1-2H2,(H,7,8)(H,9,10)(H,11,12)/t16-,19+;/m0./s1. The van der Waals surface area contributed by atoms with Crippen LogP contribution in [0.4, 0.5) is 0 Å². The number of aromatic nitrogens is 3. The number of carboxylic acids is 3. The number of aromatic amines is 1. The molecule has 3 aromatic rings. The van der Waals surface area contributed by atoms with E-state index in [1.54, 1.807) is 0 Å². The van der Waals surface area contributed by atoms with Crippen LogP contribution in [0.25, 0.3) is 11.3 Å². The molecule has 2 heterocycles. The summed E-state index contributed by atoms with van der Waals surface area (Å²) in [6, 6.07) is 12.9. The number of aliphatic hydroxyl groups is 1. The molecule has 1 aromatic carbocycles. The van der Waals surface area contributed by atoms with Crippen molar-refractivity contribution in [3.05, 3.63) is 59.6 Å². The van der Waals surface area contributed by atoms with Crippen LogP contribution in [0.15, 0.2) is 47.1 Å². The van der Waals surface area contributed by atoms with E-state index in [0.717, 1.165) is 30.1 Å². The van der Waals surface area contributed by atoms with Crippen molar-refractivity contribution in [2.24, 2.45) is 5.92 Å². The highest BCUT2D eigenvalue weighted by Crippen LogP contribution is 2.30. The predicted octanol–water partition coefficient (Wildman–Crippen LogP) is 2.63. The third-order valence-corrected chi connectivity index (χ3v) is 6.42. The van der Waals surface area contributed by atoms with Crippen LogP contribution in [-0.2, 0) is 27.3 Å². The normalized spacial score (nSPS) is 17.0. The number of hydrogen-bond acceptors (Lipinski definition) is 8. The highest BCUT2D eigenvalue weighted by molar-refractivity contribution is 5.88. The van der Waals surface area contributed by atoms with E-state index in [-0.39, 0.29) is 0 Å². The number of H-pyrrole nitrogens is 1. The number of hydrogen-bond donors (Lipinski definition) is 6. The fourth-order valence-electron chi connectivity index (χ4n) is 4.58. The maximum Gasteiger partial charge on any atom is 0.336 e. The van der Waals surface area contributed by atoms with E-state index < -0.39 is 36.4 Å². The van der Waals surface area contributed by atoms with Crippen LogP contribution < -0.4 is 5.32 Å². The number of nitrogens with one attached hydrogen (secondary N) is 2. The highest BCUT2D eigenvalue weighted by Gasteiger charge is 2.40. The summed E-state index contributed by atoms with van der Waals surface area (Å²) in [7, 11) is 0. The van der Waals surface area contributed by atoms with Crippen molar-refractivity contribution in [3.63, 3.8) is 0 Å². The van der Waals surface area contributed by atoms with Gasteiger partial charge in [0, 0.05) is 30.6 Å². The molecule has 1 saturated carbocycles. The van der Waals surface area contributed by atoms with Gasteiger partial charge in [-0.25, -0.2) is 4.79 Å². The van der Waals surface area contributed by atoms with Gasteiger partial charge in [-0.15, -0.1) is 0 Å². The lowest BCUT2D eigenvalue weighted by Crippen LogP contribution is -2.42. The summed E-state index contributed by atoms with van der Waals surface area (Å²) in [6.45, 7) is 2.80. The van der Waals surface area contributed by atoms with E-state index in [9.17, 15) is 14.4 Å². The zero-order valence-electron chi connectivity index (χ0n) is 21.0. The topological polar surface area (TPSA) is 199 Å². The van der Waals surface area contributed by atoms with Crippen LogP contribution in [0.1, 0.15) is 49.1 Å². The van der Waals surface area contributed by atoms with Crippen molar-refractivity contribution in [2.75, 3.05) is 0 Å². The number of carbonyl (C=O) groups is 3. The van der Waals surface area contributed by atoms with Gasteiger partial charge >= 0.3 is 17.9 Å². The van der Waals surface area contributed by atoms with Gasteiger partial charge in [-0.05, 0) is 31.2 Å². The average Bonchev–Trinajstić information content (AvgIpc) is 3.59. The van der Waals surface area contributed by atoms with Gasteiger partial charge in [0.05, 0.1) is 30.4 Å². The summed E-state index contributed by atoms with van der Waals surface area (Å²) >= 11 is 0. The summed E-state index contributed by atoms with van der Waals surface area (Å²) in [5.41, 5.74) is 1.72. The molecule has 0 radical (unpaired) electrons. The minimum Gasteiger partial charge on any atom is -0.481 e. The molecule has 0 spiro atoms. The van der Waals surface area contributed by atoms with Crippen LogP contribution in [0.2, 0.25) is 0 Å². The van der Waals surface area contributed by atoms with Gasteiger partial charge in [0.25, 0.3) is 0 Å². The Kier molecular flexibility index (Phi) is 9.74. The highest BCUT2D eigenvalue weighted by atomic mass is 16.5. The second kappa shape index (κ2) is 13.0. The molecule has 204 valence electrons. The molecule has 12 heteroatoms. The van der Waals surface area contributed by atoms with E-state index in [1.165, 1.54) is 30.4 Å². The Hall–Kier alpha value is -4.03. The Morgan fingerprint density at radius 3 is 2.37 bits per heavy atom. The molecule has 12 nitrogen and oxygen atoms in total. The quantitative estimate of drug-likeness (QED) is 0.214. The first-order valence-electron chi connectivity index (χ1n) is 12.2. The number of aryl methyl sites for hydroxylation is 1. The minimum atomic E-state index is -2.74. The molecule has 0 saturated heterocycles. The number of benzene rings is 1. The van der Waals surface area contributed by atoms with Crippen molar-refractivity contribution in [3.8, 4) is 11.3 Å². The first-order chi connectivity index (χ1) is 18.1. The lowest BCUT2D eigenvalue weighted by molar-refractivity contribution is -0.170. The van der Waals surface area contributed by atoms with Crippen molar-refractivity contribution in [1.29, 1.82) is 0 Å². The van der Waals surface area contributed by atoms with Crippen molar-refractivity contribution >= 4 is 17.9 Å². The Morgan fingerprint density at radius 1 is 1.11 bits per heavy atom. The Morgan fingerprint density at radius 2 is 1.79 bits per heavy atom. The van der Waals surface area contributed by atoms with Gasteiger partial charge in [-0.2, -0.15) is 5.10 Å². The summed E-state index contributed by atoms with van der Waals surface area (Å²) in [4.78, 5) is 30.5. The summed E-state index contributed by atoms with van der Waals surface area (Å²) in [6.07, 6.45) is 4.34. The molecule has 1 aliphatic rings. The van der Waals surface area contributed by atoms with E-state index in [1.807, 2.05) is 19.2 Å². The minimum absolute atomic E-state index is 0.518. The number of aliphatic carboxylic acids is 3. The largest absolute Gasteiger partial charge is 0.481 e. The van der Waals surface area contributed by atoms with Crippen LogP contribution in [-0.4, -0.2) is 65.3 Å². The molecule has 2 aromatic heterocycles. The molecule has 1 fully saturated rings. The van der Waals surface area contributed by atoms with Crippen molar-refractivity contribution < 1.29 is 39.3 Å². The second-order valence-electron chi connectivity index (χ2n) is 9.43. The monoisotopic (exact) mass is 528 g/mol. The number of rotatable bonds is 11. The lowest BCUT2D eigenvalue weighted by Gasteiger charge is -2.20. The molecule has 1 aliphatic carbocycles. The fourth-order valence-corrected chi connectivity index (χ4v) is 4.58. The molecule has 38 heavy (non-hydrogen) atoms. The van der Waals surface area contributed by atoms with Crippen LogP contribution in [0, 0.1) is 12.8 Å². The molecular formula is C26H32N4O8. The van der Waals surface area contributed by atoms with Crippen LogP contribution >= 0.6 is 0 Å². The second-order valence-corrected chi connectivity index (χ2v) is 9.43. The molecule has 0 amide bonds. The summed E-state index contributed by atoms with van der Waals surface area (Å²) in [5, 5.41) is 49.0.